The van der Waals surface area contributed by atoms with Crippen molar-refractivity contribution in [2.75, 3.05) is 12.5 Å². The quantitative estimate of drug-likeness (QED) is 0.463. The molecule has 0 amide bonds. The molecule has 3 aromatic rings. The highest BCUT2D eigenvalue weighted by molar-refractivity contribution is 9.10. The fraction of sp³-hybridized carbons (Fsp3) is 0.111. The van der Waals surface area contributed by atoms with E-state index in [2.05, 4.69) is 50.5 Å². The van der Waals surface area contributed by atoms with Gasteiger partial charge in [0.15, 0.2) is 0 Å². The number of hydrazone groups is 1. The van der Waals surface area contributed by atoms with Gasteiger partial charge in [0.25, 0.3) is 0 Å². The molecular weight excluding hydrogens is 386 g/mol. The van der Waals surface area contributed by atoms with Crippen LogP contribution in [0.4, 0.5) is 5.13 Å². The molecule has 0 radical (unpaired) electrons. The summed E-state index contributed by atoms with van der Waals surface area (Å²) in [5, 5.41) is 5.04. The molecule has 0 atom stereocenters. The van der Waals surface area contributed by atoms with Gasteiger partial charge in [0.2, 0.25) is 5.13 Å². The van der Waals surface area contributed by atoms with Crippen molar-refractivity contribution in [1.82, 2.24) is 4.98 Å². The number of anilines is 1. The van der Waals surface area contributed by atoms with E-state index in [0.29, 0.717) is 0 Å². The average molecular weight is 402 g/mol. The van der Waals surface area contributed by atoms with Crippen LogP contribution in [0.5, 0.6) is 5.75 Å². The first-order valence-corrected chi connectivity index (χ1v) is 8.94. The van der Waals surface area contributed by atoms with Crippen LogP contribution in [-0.2, 0) is 0 Å². The number of hydrogen-bond donors (Lipinski definition) is 1. The molecule has 0 aliphatic carbocycles. The van der Waals surface area contributed by atoms with Gasteiger partial charge in [-0.05, 0) is 25.1 Å². The van der Waals surface area contributed by atoms with E-state index in [1.807, 2.05) is 36.4 Å². The SMILES string of the molecule is COc1ccc(Br)cc1C=NNc1nc(-c2ccccc2)c(C)s1. The molecule has 0 bridgehead atoms. The first-order chi connectivity index (χ1) is 11.7. The molecule has 24 heavy (non-hydrogen) atoms. The van der Waals surface area contributed by atoms with Crippen LogP contribution in [0.3, 0.4) is 0 Å². The van der Waals surface area contributed by atoms with Gasteiger partial charge in [0, 0.05) is 20.5 Å². The van der Waals surface area contributed by atoms with Gasteiger partial charge < -0.3 is 4.74 Å². The Bertz CT molecular complexity index is 862. The minimum absolute atomic E-state index is 0.761. The number of aryl methyl sites for hydroxylation is 1. The highest BCUT2D eigenvalue weighted by Gasteiger charge is 2.09. The molecule has 6 heteroatoms. The Labute approximate surface area is 153 Å². The Morgan fingerprint density at radius 3 is 2.75 bits per heavy atom. The van der Waals surface area contributed by atoms with Crippen molar-refractivity contribution in [2.24, 2.45) is 5.10 Å². The molecular formula is C18H16BrN3OS. The third-order valence-electron chi connectivity index (χ3n) is 3.40. The van der Waals surface area contributed by atoms with E-state index in [0.717, 1.165) is 37.1 Å². The number of thiazole rings is 1. The summed E-state index contributed by atoms with van der Waals surface area (Å²) in [5.74, 6) is 0.768. The van der Waals surface area contributed by atoms with Crippen molar-refractivity contribution in [3.8, 4) is 17.0 Å². The van der Waals surface area contributed by atoms with Crippen molar-refractivity contribution in [1.29, 1.82) is 0 Å². The minimum Gasteiger partial charge on any atom is -0.496 e. The fourth-order valence-corrected chi connectivity index (χ4v) is 3.44. The van der Waals surface area contributed by atoms with Crippen LogP contribution in [0, 0.1) is 6.92 Å². The average Bonchev–Trinajstić information content (AvgIpc) is 2.97. The van der Waals surface area contributed by atoms with Gasteiger partial charge in [0.05, 0.1) is 19.0 Å². The second-order valence-electron chi connectivity index (χ2n) is 5.05. The molecule has 0 saturated heterocycles. The lowest BCUT2D eigenvalue weighted by Crippen LogP contribution is -1.94. The first-order valence-electron chi connectivity index (χ1n) is 7.33. The summed E-state index contributed by atoms with van der Waals surface area (Å²) in [6, 6.07) is 15.9. The summed E-state index contributed by atoms with van der Waals surface area (Å²) in [5.41, 5.74) is 5.98. The number of aromatic nitrogens is 1. The highest BCUT2D eigenvalue weighted by atomic mass is 79.9. The van der Waals surface area contributed by atoms with Gasteiger partial charge in [-0.3, -0.25) is 5.43 Å². The number of halogens is 1. The van der Waals surface area contributed by atoms with E-state index in [9.17, 15) is 0 Å². The molecule has 0 unspecified atom stereocenters. The van der Waals surface area contributed by atoms with Crippen LogP contribution < -0.4 is 10.2 Å². The number of nitrogens with zero attached hydrogens (tertiary/aromatic N) is 2. The molecule has 1 heterocycles. The third-order valence-corrected chi connectivity index (χ3v) is 4.77. The van der Waals surface area contributed by atoms with Crippen molar-refractivity contribution < 1.29 is 4.74 Å². The zero-order valence-electron chi connectivity index (χ0n) is 13.3. The van der Waals surface area contributed by atoms with E-state index >= 15 is 0 Å². The minimum atomic E-state index is 0.761. The summed E-state index contributed by atoms with van der Waals surface area (Å²) < 4.78 is 6.30. The van der Waals surface area contributed by atoms with E-state index in [1.165, 1.54) is 0 Å². The summed E-state index contributed by atoms with van der Waals surface area (Å²) in [4.78, 5) is 5.78. The maximum absolute atomic E-state index is 5.33. The van der Waals surface area contributed by atoms with Gasteiger partial charge in [0.1, 0.15) is 5.75 Å². The predicted octanol–water partition coefficient (Wildman–Crippen LogP) is 5.34. The lowest BCUT2D eigenvalue weighted by molar-refractivity contribution is 0.414. The number of ether oxygens (including phenoxy) is 1. The van der Waals surface area contributed by atoms with Crippen molar-refractivity contribution in [2.45, 2.75) is 6.92 Å². The van der Waals surface area contributed by atoms with Crippen LogP contribution in [0.15, 0.2) is 58.1 Å². The Morgan fingerprint density at radius 1 is 1.21 bits per heavy atom. The summed E-state index contributed by atoms with van der Waals surface area (Å²) >= 11 is 5.03. The number of benzene rings is 2. The van der Waals surface area contributed by atoms with Crippen LogP contribution in [0.2, 0.25) is 0 Å². The smallest absolute Gasteiger partial charge is 0.204 e. The van der Waals surface area contributed by atoms with E-state index in [-0.39, 0.29) is 0 Å². The monoisotopic (exact) mass is 401 g/mol. The van der Waals surface area contributed by atoms with Crippen molar-refractivity contribution >= 4 is 38.6 Å². The molecule has 1 N–H and O–H groups in total. The van der Waals surface area contributed by atoms with Gasteiger partial charge in [-0.25, -0.2) is 4.98 Å². The van der Waals surface area contributed by atoms with E-state index in [1.54, 1.807) is 24.7 Å². The van der Waals surface area contributed by atoms with E-state index in [4.69, 9.17) is 4.74 Å². The molecule has 0 aliphatic heterocycles. The Balaban J connectivity index is 1.77. The Kier molecular flexibility index (Phi) is 5.27. The summed E-state index contributed by atoms with van der Waals surface area (Å²) in [7, 11) is 1.64. The van der Waals surface area contributed by atoms with Crippen molar-refractivity contribution in [3.63, 3.8) is 0 Å². The van der Waals surface area contributed by atoms with Crippen molar-refractivity contribution in [3.05, 3.63) is 63.4 Å². The number of methoxy groups -OCH3 is 1. The maximum Gasteiger partial charge on any atom is 0.204 e. The standard InChI is InChI=1S/C18H16BrN3OS/c1-12-17(13-6-4-3-5-7-13)21-18(24-12)22-20-11-14-10-15(19)8-9-16(14)23-2/h3-11H,1-2H3,(H,21,22). The predicted molar refractivity (Wildman–Crippen MR) is 104 cm³/mol. The van der Waals surface area contributed by atoms with Crippen LogP contribution in [0.25, 0.3) is 11.3 Å². The highest BCUT2D eigenvalue weighted by Crippen LogP contribution is 2.30. The fourth-order valence-electron chi connectivity index (χ4n) is 2.27. The van der Waals surface area contributed by atoms with Gasteiger partial charge in [-0.15, -0.1) is 11.3 Å². The Hall–Kier alpha value is -2.18. The van der Waals surface area contributed by atoms with Gasteiger partial charge in [-0.2, -0.15) is 5.10 Å². The third kappa shape index (κ3) is 3.83. The lowest BCUT2D eigenvalue weighted by Gasteiger charge is -2.04. The van der Waals surface area contributed by atoms with Crippen LogP contribution in [0.1, 0.15) is 10.4 Å². The van der Waals surface area contributed by atoms with Gasteiger partial charge in [-0.1, -0.05) is 46.3 Å². The molecule has 2 aromatic carbocycles. The second-order valence-corrected chi connectivity index (χ2v) is 7.16. The molecule has 0 saturated carbocycles. The number of nitrogens with one attached hydrogen (secondary N) is 1. The number of hydrogen-bond acceptors (Lipinski definition) is 5. The molecule has 0 fully saturated rings. The normalized spacial score (nSPS) is 11.0. The van der Waals surface area contributed by atoms with Crippen LogP contribution in [-0.4, -0.2) is 18.3 Å². The molecule has 122 valence electrons. The molecule has 3 rings (SSSR count). The lowest BCUT2D eigenvalue weighted by atomic mass is 10.1. The largest absolute Gasteiger partial charge is 0.496 e. The molecule has 0 spiro atoms. The Morgan fingerprint density at radius 2 is 2.00 bits per heavy atom. The van der Waals surface area contributed by atoms with E-state index < -0.39 is 0 Å². The first kappa shape index (κ1) is 16.7. The molecule has 1 aromatic heterocycles. The summed E-state index contributed by atoms with van der Waals surface area (Å²) in [6.07, 6.45) is 1.72. The molecule has 0 aliphatic rings. The maximum atomic E-state index is 5.33. The second kappa shape index (κ2) is 7.59. The number of rotatable bonds is 5. The zero-order chi connectivity index (χ0) is 16.9. The molecule has 4 nitrogen and oxygen atoms in total. The summed E-state index contributed by atoms with van der Waals surface area (Å²) in [6.45, 7) is 2.06. The van der Waals surface area contributed by atoms with Gasteiger partial charge >= 0.3 is 0 Å². The zero-order valence-corrected chi connectivity index (χ0v) is 15.7. The van der Waals surface area contributed by atoms with Crippen LogP contribution >= 0.6 is 27.3 Å². The topological polar surface area (TPSA) is 46.5 Å².